The Kier molecular flexibility index (Phi) is 5.28. The number of hydrogen-bond acceptors (Lipinski definition) is 4. The maximum atomic E-state index is 4.34. The van der Waals surface area contributed by atoms with Gasteiger partial charge in [0.25, 0.3) is 0 Å². The molecule has 0 saturated heterocycles. The van der Waals surface area contributed by atoms with Crippen LogP contribution in [0.4, 0.5) is 0 Å². The minimum atomic E-state index is 0.153. The first kappa shape index (κ1) is 15.1. The smallest absolute Gasteiger partial charge is 0.138 e. The van der Waals surface area contributed by atoms with Crippen molar-refractivity contribution in [1.82, 2.24) is 25.0 Å². The van der Waals surface area contributed by atoms with Gasteiger partial charge in [-0.2, -0.15) is 5.10 Å². The van der Waals surface area contributed by atoms with Crippen LogP contribution in [-0.2, 0) is 13.5 Å². The van der Waals surface area contributed by atoms with Gasteiger partial charge in [-0.3, -0.25) is 4.68 Å². The van der Waals surface area contributed by atoms with Gasteiger partial charge in [0.05, 0.1) is 0 Å². The van der Waals surface area contributed by atoms with E-state index in [2.05, 4.69) is 48.2 Å². The molecule has 0 spiro atoms. The molecule has 104 valence electrons. The van der Waals surface area contributed by atoms with Crippen molar-refractivity contribution in [3.05, 3.63) is 12.2 Å². The number of rotatable bonds is 7. The Morgan fingerprint density at radius 3 is 2.33 bits per heavy atom. The highest BCUT2D eigenvalue weighted by Gasteiger charge is 2.37. The molecule has 1 aromatic heterocycles. The molecule has 5 nitrogen and oxygen atoms in total. The highest BCUT2D eigenvalue weighted by molar-refractivity contribution is 5.02. The van der Waals surface area contributed by atoms with Crippen molar-refractivity contribution in [3.8, 4) is 0 Å². The molecule has 0 aromatic carbocycles. The third-order valence-electron chi connectivity index (χ3n) is 4.30. The normalized spacial score (nSPS) is 14.2. The van der Waals surface area contributed by atoms with E-state index in [9.17, 15) is 0 Å². The lowest BCUT2D eigenvalue weighted by atomic mass is 9.81. The highest BCUT2D eigenvalue weighted by Crippen LogP contribution is 2.27. The van der Waals surface area contributed by atoms with Crippen molar-refractivity contribution >= 4 is 0 Å². The summed E-state index contributed by atoms with van der Waals surface area (Å²) in [5, 5.41) is 7.62. The standard InChI is InChI=1S/C13H27N5/c1-7-13(8-2,17(4)5)11(14-3)9-12-15-10-16-18(12)6/h10-11,14H,7-9H2,1-6H3. The number of nitrogens with one attached hydrogen (secondary N) is 1. The molecule has 0 saturated carbocycles. The van der Waals surface area contributed by atoms with Gasteiger partial charge in [0.15, 0.2) is 0 Å². The van der Waals surface area contributed by atoms with Crippen molar-refractivity contribution in [3.63, 3.8) is 0 Å². The first-order valence-electron chi connectivity index (χ1n) is 6.69. The average Bonchev–Trinajstić information content (AvgIpc) is 2.75. The summed E-state index contributed by atoms with van der Waals surface area (Å²) in [6.07, 6.45) is 4.74. The second kappa shape index (κ2) is 6.29. The number of nitrogens with zero attached hydrogens (tertiary/aromatic N) is 4. The first-order valence-corrected chi connectivity index (χ1v) is 6.69. The van der Waals surface area contributed by atoms with E-state index in [1.807, 2.05) is 18.8 Å². The Morgan fingerprint density at radius 1 is 1.39 bits per heavy atom. The molecule has 1 rings (SSSR count). The number of aryl methyl sites for hydroxylation is 1. The van der Waals surface area contributed by atoms with Crippen LogP contribution in [0, 0.1) is 0 Å². The fourth-order valence-corrected chi connectivity index (χ4v) is 2.94. The number of aromatic nitrogens is 3. The van der Waals surface area contributed by atoms with E-state index in [4.69, 9.17) is 0 Å². The number of likely N-dealkylation sites (N-methyl/N-ethyl adjacent to an activating group) is 2. The van der Waals surface area contributed by atoms with Gasteiger partial charge in [0, 0.05) is 25.0 Å². The Bertz CT molecular complexity index is 354. The summed E-state index contributed by atoms with van der Waals surface area (Å²) >= 11 is 0. The van der Waals surface area contributed by atoms with Gasteiger partial charge >= 0.3 is 0 Å². The molecule has 1 aromatic rings. The third kappa shape index (κ3) is 2.72. The molecular weight excluding hydrogens is 226 g/mol. The minimum Gasteiger partial charge on any atom is -0.315 e. The molecule has 0 bridgehead atoms. The van der Waals surface area contributed by atoms with Gasteiger partial charge in [0.1, 0.15) is 12.2 Å². The summed E-state index contributed by atoms with van der Waals surface area (Å²) in [6, 6.07) is 0.366. The summed E-state index contributed by atoms with van der Waals surface area (Å²) in [4.78, 5) is 6.68. The molecule has 1 N–H and O–H groups in total. The van der Waals surface area contributed by atoms with Crippen LogP contribution < -0.4 is 5.32 Å². The Morgan fingerprint density at radius 2 is 2.00 bits per heavy atom. The topological polar surface area (TPSA) is 46.0 Å². The van der Waals surface area contributed by atoms with Crippen molar-refractivity contribution in [1.29, 1.82) is 0 Å². The monoisotopic (exact) mass is 253 g/mol. The zero-order valence-corrected chi connectivity index (χ0v) is 12.6. The molecule has 0 aliphatic heterocycles. The lowest BCUT2D eigenvalue weighted by Gasteiger charge is -2.45. The molecule has 0 fully saturated rings. The van der Waals surface area contributed by atoms with E-state index >= 15 is 0 Å². The van der Waals surface area contributed by atoms with Crippen molar-refractivity contribution < 1.29 is 0 Å². The predicted molar refractivity (Wildman–Crippen MR) is 74.6 cm³/mol. The molecule has 1 unspecified atom stereocenters. The van der Waals surface area contributed by atoms with Gasteiger partial charge in [-0.1, -0.05) is 13.8 Å². The van der Waals surface area contributed by atoms with E-state index in [1.54, 1.807) is 6.33 Å². The van der Waals surface area contributed by atoms with Crippen LogP contribution in [-0.4, -0.2) is 52.4 Å². The van der Waals surface area contributed by atoms with Crippen LogP contribution in [0.5, 0.6) is 0 Å². The molecule has 0 amide bonds. The molecule has 5 heteroatoms. The van der Waals surface area contributed by atoms with E-state index in [0.717, 1.165) is 25.1 Å². The van der Waals surface area contributed by atoms with Crippen molar-refractivity contribution in [2.24, 2.45) is 7.05 Å². The summed E-state index contributed by atoms with van der Waals surface area (Å²) in [5.74, 6) is 1.03. The van der Waals surface area contributed by atoms with Crippen LogP contribution in [0.15, 0.2) is 6.33 Å². The lowest BCUT2D eigenvalue weighted by molar-refractivity contribution is 0.0904. The average molecular weight is 253 g/mol. The molecular formula is C13H27N5. The van der Waals surface area contributed by atoms with Gasteiger partial charge in [-0.25, -0.2) is 4.98 Å². The minimum absolute atomic E-state index is 0.153. The first-order chi connectivity index (χ1) is 8.51. The summed E-state index contributed by atoms with van der Waals surface area (Å²) in [7, 11) is 8.30. The molecule has 1 atom stereocenters. The fraction of sp³-hybridized carbons (Fsp3) is 0.846. The van der Waals surface area contributed by atoms with Crippen LogP contribution in [0.25, 0.3) is 0 Å². The van der Waals surface area contributed by atoms with Gasteiger partial charge in [0.2, 0.25) is 0 Å². The molecule has 0 radical (unpaired) electrons. The van der Waals surface area contributed by atoms with Crippen LogP contribution in [0.3, 0.4) is 0 Å². The summed E-state index contributed by atoms with van der Waals surface area (Å²) < 4.78 is 1.86. The molecule has 0 aliphatic rings. The van der Waals surface area contributed by atoms with Crippen LogP contribution in [0.1, 0.15) is 32.5 Å². The van der Waals surface area contributed by atoms with E-state index in [1.165, 1.54) is 0 Å². The molecule has 18 heavy (non-hydrogen) atoms. The van der Waals surface area contributed by atoms with E-state index in [0.29, 0.717) is 6.04 Å². The predicted octanol–water partition coefficient (Wildman–Crippen LogP) is 1.07. The van der Waals surface area contributed by atoms with Gasteiger partial charge < -0.3 is 10.2 Å². The SMILES string of the molecule is CCC(CC)(C(Cc1ncnn1C)NC)N(C)C. The third-order valence-corrected chi connectivity index (χ3v) is 4.30. The summed E-state index contributed by atoms with van der Waals surface area (Å²) in [6.45, 7) is 4.51. The fourth-order valence-electron chi connectivity index (χ4n) is 2.94. The van der Waals surface area contributed by atoms with Crippen molar-refractivity contribution in [2.75, 3.05) is 21.1 Å². The van der Waals surface area contributed by atoms with Gasteiger partial charge in [-0.05, 0) is 34.0 Å². The molecule has 1 heterocycles. The van der Waals surface area contributed by atoms with Crippen molar-refractivity contribution in [2.45, 2.75) is 44.7 Å². The Balaban J connectivity index is 2.96. The molecule has 0 aliphatic carbocycles. The van der Waals surface area contributed by atoms with E-state index in [-0.39, 0.29) is 5.54 Å². The second-order valence-electron chi connectivity index (χ2n) is 5.05. The van der Waals surface area contributed by atoms with Crippen LogP contribution >= 0.6 is 0 Å². The lowest BCUT2D eigenvalue weighted by Crippen LogP contribution is -2.58. The largest absolute Gasteiger partial charge is 0.315 e. The van der Waals surface area contributed by atoms with Crippen LogP contribution in [0.2, 0.25) is 0 Å². The Labute approximate surface area is 111 Å². The zero-order valence-electron chi connectivity index (χ0n) is 12.6. The maximum absolute atomic E-state index is 4.34. The highest BCUT2D eigenvalue weighted by atomic mass is 15.3. The summed E-state index contributed by atoms with van der Waals surface area (Å²) in [5.41, 5.74) is 0.153. The quantitative estimate of drug-likeness (QED) is 0.789. The van der Waals surface area contributed by atoms with Gasteiger partial charge in [-0.15, -0.1) is 0 Å². The number of hydrogen-bond donors (Lipinski definition) is 1. The van der Waals surface area contributed by atoms with E-state index < -0.39 is 0 Å². The zero-order chi connectivity index (χ0) is 13.8. The second-order valence-corrected chi connectivity index (χ2v) is 5.05. The Hall–Kier alpha value is -0.940. The maximum Gasteiger partial charge on any atom is 0.138 e.